The van der Waals surface area contributed by atoms with E-state index < -0.39 is 10.2 Å². The first-order valence-electron chi connectivity index (χ1n) is 4.09. The number of nitrogens with one attached hydrogen (secondary N) is 2. The quantitative estimate of drug-likeness (QED) is 0.598. The van der Waals surface area contributed by atoms with Gasteiger partial charge in [-0.2, -0.15) is 13.7 Å². The van der Waals surface area contributed by atoms with E-state index in [0.29, 0.717) is 6.54 Å². The van der Waals surface area contributed by atoms with E-state index in [2.05, 4.69) is 9.44 Å². The zero-order chi connectivity index (χ0) is 10.3. The summed E-state index contributed by atoms with van der Waals surface area (Å²) >= 11 is 0. The van der Waals surface area contributed by atoms with Crippen molar-refractivity contribution >= 4 is 10.2 Å². The standard InChI is InChI=1S/C7H15N3O2S/c1-7(2)6-10-13(11,12)9-5-3-4-8/h7,9-10H,3,5-6H2,1-2H3. The molecular weight excluding hydrogens is 190 g/mol. The van der Waals surface area contributed by atoms with Gasteiger partial charge in [-0.05, 0) is 5.92 Å². The molecule has 0 saturated carbocycles. The zero-order valence-corrected chi connectivity index (χ0v) is 8.69. The van der Waals surface area contributed by atoms with Crippen LogP contribution in [0.4, 0.5) is 0 Å². The largest absolute Gasteiger partial charge is 0.276 e. The Bertz CT molecular complexity index is 266. The first-order valence-corrected chi connectivity index (χ1v) is 5.57. The number of hydrogen-bond acceptors (Lipinski definition) is 3. The van der Waals surface area contributed by atoms with E-state index in [9.17, 15) is 8.42 Å². The van der Waals surface area contributed by atoms with Crippen LogP contribution in [0, 0.1) is 17.2 Å². The SMILES string of the molecule is CC(C)CNS(=O)(=O)NCCC#N. The van der Waals surface area contributed by atoms with Crippen LogP contribution >= 0.6 is 0 Å². The van der Waals surface area contributed by atoms with Gasteiger partial charge >= 0.3 is 0 Å². The van der Waals surface area contributed by atoms with Gasteiger partial charge in [-0.1, -0.05) is 13.8 Å². The average molecular weight is 205 g/mol. The van der Waals surface area contributed by atoms with Crippen molar-refractivity contribution in [2.24, 2.45) is 5.92 Å². The zero-order valence-electron chi connectivity index (χ0n) is 7.87. The molecule has 0 aliphatic rings. The molecule has 0 aromatic heterocycles. The molecular formula is C7H15N3O2S. The Hall–Kier alpha value is -0.640. The van der Waals surface area contributed by atoms with Crippen LogP contribution < -0.4 is 9.44 Å². The molecule has 76 valence electrons. The van der Waals surface area contributed by atoms with Crippen LogP contribution in [0.2, 0.25) is 0 Å². The van der Waals surface area contributed by atoms with Gasteiger partial charge in [-0.3, -0.25) is 0 Å². The molecule has 0 saturated heterocycles. The highest BCUT2D eigenvalue weighted by Gasteiger charge is 2.07. The van der Waals surface area contributed by atoms with Gasteiger partial charge in [-0.25, -0.2) is 9.44 Å². The minimum atomic E-state index is -3.40. The third-order valence-electron chi connectivity index (χ3n) is 1.21. The van der Waals surface area contributed by atoms with E-state index in [-0.39, 0.29) is 18.9 Å². The Labute approximate surface area is 79.3 Å². The smallest absolute Gasteiger partial charge is 0.202 e. The molecule has 0 aliphatic carbocycles. The van der Waals surface area contributed by atoms with Crippen LogP contribution in [-0.4, -0.2) is 21.5 Å². The summed E-state index contributed by atoms with van der Waals surface area (Å²) in [5, 5.41) is 8.18. The molecule has 0 aromatic rings. The van der Waals surface area contributed by atoms with Gasteiger partial charge in [0.25, 0.3) is 10.2 Å². The minimum Gasteiger partial charge on any atom is -0.202 e. The molecule has 6 heteroatoms. The normalized spacial score (nSPS) is 11.5. The van der Waals surface area contributed by atoms with Gasteiger partial charge in [0.05, 0.1) is 6.07 Å². The topological polar surface area (TPSA) is 82.0 Å². The average Bonchev–Trinajstić information content (AvgIpc) is 2.02. The number of nitriles is 1. The Morgan fingerprint density at radius 1 is 1.38 bits per heavy atom. The van der Waals surface area contributed by atoms with Crippen LogP contribution in [0.25, 0.3) is 0 Å². The van der Waals surface area contributed by atoms with Gasteiger partial charge in [-0.15, -0.1) is 0 Å². The van der Waals surface area contributed by atoms with Gasteiger partial charge < -0.3 is 0 Å². The van der Waals surface area contributed by atoms with Gasteiger partial charge in [0.2, 0.25) is 0 Å². The molecule has 0 spiro atoms. The summed E-state index contributed by atoms with van der Waals surface area (Å²) in [6.45, 7) is 4.39. The van der Waals surface area contributed by atoms with Crippen molar-refractivity contribution in [3.63, 3.8) is 0 Å². The lowest BCUT2D eigenvalue weighted by Crippen LogP contribution is -2.38. The molecule has 0 unspecified atom stereocenters. The van der Waals surface area contributed by atoms with Crippen molar-refractivity contribution in [2.45, 2.75) is 20.3 Å². The fourth-order valence-corrected chi connectivity index (χ4v) is 1.59. The Morgan fingerprint density at radius 3 is 2.46 bits per heavy atom. The molecule has 0 aromatic carbocycles. The lowest BCUT2D eigenvalue weighted by Gasteiger charge is -2.08. The molecule has 0 atom stereocenters. The third kappa shape index (κ3) is 7.71. The summed E-state index contributed by atoms with van der Waals surface area (Å²) in [5.41, 5.74) is 0. The summed E-state index contributed by atoms with van der Waals surface area (Å²) in [6, 6.07) is 1.85. The van der Waals surface area contributed by atoms with Crippen molar-refractivity contribution in [3.05, 3.63) is 0 Å². The van der Waals surface area contributed by atoms with Crippen molar-refractivity contribution in [2.75, 3.05) is 13.1 Å². The molecule has 0 aliphatic heterocycles. The second-order valence-corrected chi connectivity index (χ2v) is 4.63. The van der Waals surface area contributed by atoms with Crippen molar-refractivity contribution in [1.29, 1.82) is 5.26 Å². The molecule has 13 heavy (non-hydrogen) atoms. The van der Waals surface area contributed by atoms with E-state index in [1.54, 1.807) is 0 Å². The van der Waals surface area contributed by atoms with Crippen LogP contribution in [0.15, 0.2) is 0 Å². The number of nitrogens with zero attached hydrogens (tertiary/aromatic N) is 1. The van der Waals surface area contributed by atoms with E-state index in [0.717, 1.165) is 0 Å². The van der Waals surface area contributed by atoms with Gasteiger partial charge in [0.1, 0.15) is 0 Å². The van der Waals surface area contributed by atoms with E-state index in [1.165, 1.54) is 0 Å². The van der Waals surface area contributed by atoms with Gasteiger partial charge in [0.15, 0.2) is 0 Å². The molecule has 0 heterocycles. The first-order chi connectivity index (χ1) is 5.98. The molecule has 0 fully saturated rings. The van der Waals surface area contributed by atoms with Crippen molar-refractivity contribution in [1.82, 2.24) is 9.44 Å². The molecule has 0 rings (SSSR count). The predicted molar refractivity (Wildman–Crippen MR) is 50.0 cm³/mol. The van der Waals surface area contributed by atoms with Crippen molar-refractivity contribution in [3.8, 4) is 6.07 Å². The van der Waals surface area contributed by atoms with Gasteiger partial charge in [0, 0.05) is 19.5 Å². The highest BCUT2D eigenvalue weighted by atomic mass is 32.2. The first kappa shape index (κ1) is 12.4. The summed E-state index contributed by atoms with van der Waals surface area (Å²) in [5.74, 6) is 0.271. The Balaban J connectivity index is 3.76. The molecule has 2 N–H and O–H groups in total. The number of hydrogen-bond donors (Lipinski definition) is 2. The van der Waals surface area contributed by atoms with Crippen LogP contribution in [-0.2, 0) is 10.2 Å². The fraction of sp³-hybridized carbons (Fsp3) is 0.857. The van der Waals surface area contributed by atoms with E-state index in [1.807, 2.05) is 19.9 Å². The van der Waals surface area contributed by atoms with Crippen LogP contribution in [0.1, 0.15) is 20.3 Å². The lowest BCUT2D eigenvalue weighted by molar-refractivity contribution is 0.548. The summed E-state index contributed by atoms with van der Waals surface area (Å²) in [6.07, 6.45) is 0.183. The highest BCUT2D eigenvalue weighted by molar-refractivity contribution is 7.87. The van der Waals surface area contributed by atoms with E-state index in [4.69, 9.17) is 5.26 Å². The minimum absolute atomic E-state index is 0.157. The molecule has 0 amide bonds. The van der Waals surface area contributed by atoms with Crippen LogP contribution in [0.5, 0.6) is 0 Å². The highest BCUT2D eigenvalue weighted by Crippen LogP contribution is 1.88. The maximum absolute atomic E-state index is 11.1. The molecule has 5 nitrogen and oxygen atoms in total. The maximum atomic E-state index is 11.1. The molecule has 0 bridgehead atoms. The lowest BCUT2D eigenvalue weighted by atomic mass is 10.2. The monoisotopic (exact) mass is 205 g/mol. The van der Waals surface area contributed by atoms with Crippen LogP contribution in [0.3, 0.4) is 0 Å². The fourth-order valence-electron chi connectivity index (χ4n) is 0.569. The maximum Gasteiger partial charge on any atom is 0.276 e. The second-order valence-electron chi connectivity index (χ2n) is 3.05. The summed E-state index contributed by atoms with van der Waals surface area (Å²) in [4.78, 5) is 0. The summed E-state index contributed by atoms with van der Waals surface area (Å²) in [7, 11) is -3.40. The number of rotatable bonds is 6. The predicted octanol–water partition coefficient (Wildman–Crippen LogP) is -0.0199. The van der Waals surface area contributed by atoms with E-state index >= 15 is 0 Å². The summed E-state index contributed by atoms with van der Waals surface area (Å²) < 4.78 is 26.8. The molecule has 0 radical (unpaired) electrons. The van der Waals surface area contributed by atoms with Crippen molar-refractivity contribution < 1.29 is 8.42 Å². The second kappa shape index (κ2) is 5.91. The Kier molecular flexibility index (Phi) is 5.62. The third-order valence-corrected chi connectivity index (χ3v) is 2.34. The Morgan fingerprint density at radius 2 is 2.00 bits per heavy atom.